The lowest BCUT2D eigenvalue weighted by molar-refractivity contribution is -0.133. The number of aliphatic hydroxyl groups excluding tert-OH is 1. The third-order valence-electron chi connectivity index (χ3n) is 4.43. The van der Waals surface area contributed by atoms with E-state index in [0.717, 1.165) is 6.54 Å². The van der Waals surface area contributed by atoms with Gasteiger partial charge in [0.05, 0.1) is 6.10 Å². The normalized spacial score (nSPS) is 16.6. The highest BCUT2D eigenvalue weighted by molar-refractivity contribution is 6.31. The molecule has 25 heavy (non-hydrogen) atoms. The Bertz CT molecular complexity index is 709. The van der Waals surface area contributed by atoms with Crippen molar-refractivity contribution in [1.29, 1.82) is 0 Å². The SMILES string of the molecule is C=C(CC(O)c1ccc(Cl)cc1/C(C=NCC1CCC1)=C/N)C(=O)O. The monoisotopic (exact) mass is 362 g/mol. The highest BCUT2D eigenvalue weighted by atomic mass is 35.5. The maximum atomic E-state index is 10.9. The van der Waals surface area contributed by atoms with Crippen LogP contribution in [0.1, 0.15) is 42.9 Å². The number of halogens is 1. The second-order valence-corrected chi connectivity index (χ2v) is 6.71. The first-order valence-corrected chi connectivity index (χ1v) is 8.60. The lowest BCUT2D eigenvalue weighted by atomic mass is 9.86. The van der Waals surface area contributed by atoms with Crippen molar-refractivity contribution in [3.05, 3.63) is 52.7 Å². The molecule has 1 aromatic carbocycles. The number of aliphatic carboxylic acids is 1. The fraction of sp³-hybridized carbons (Fsp3) is 0.368. The molecule has 0 aromatic heterocycles. The molecule has 1 unspecified atom stereocenters. The molecule has 1 aromatic rings. The zero-order chi connectivity index (χ0) is 18.4. The Hall–Kier alpha value is -2.11. The summed E-state index contributed by atoms with van der Waals surface area (Å²) in [5.41, 5.74) is 7.50. The third kappa shape index (κ3) is 5.18. The molecule has 0 spiro atoms. The number of aliphatic imine (C=N–C) groups is 1. The quantitative estimate of drug-likeness (QED) is 0.486. The summed E-state index contributed by atoms with van der Waals surface area (Å²) in [7, 11) is 0. The number of carboxylic acids is 1. The smallest absolute Gasteiger partial charge is 0.331 e. The van der Waals surface area contributed by atoms with Crippen LogP contribution in [0.5, 0.6) is 0 Å². The molecule has 0 aliphatic heterocycles. The van der Waals surface area contributed by atoms with Crippen LogP contribution in [0.4, 0.5) is 0 Å². The molecule has 4 N–H and O–H groups in total. The summed E-state index contributed by atoms with van der Waals surface area (Å²) in [5, 5.41) is 19.9. The molecular formula is C19H23ClN2O3. The van der Waals surface area contributed by atoms with Crippen LogP contribution in [0, 0.1) is 5.92 Å². The van der Waals surface area contributed by atoms with Crippen LogP contribution in [0.2, 0.25) is 5.02 Å². The maximum Gasteiger partial charge on any atom is 0.331 e. The van der Waals surface area contributed by atoms with Gasteiger partial charge in [-0.25, -0.2) is 4.79 Å². The highest BCUT2D eigenvalue weighted by Crippen LogP contribution is 2.30. The number of carboxylic acid groups (broad SMARTS) is 1. The first-order chi connectivity index (χ1) is 11.9. The Morgan fingerprint density at radius 2 is 2.20 bits per heavy atom. The minimum absolute atomic E-state index is 0.0645. The summed E-state index contributed by atoms with van der Waals surface area (Å²) in [4.78, 5) is 15.4. The van der Waals surface area contributed by atoms with Crippen LogP contribution >= 0.6 is 11.6 Å². The molecule has 1 aliphatic rings. The van der Waals surface area contributed by atoms with Gasteiger partial charge in [-0.1, -0.05) is 30.7 Å². The summed E-state index contributed by atoms with van der Waals surface area (Å²) >= 11 is 6.09. The maximum absolute atomic E-state index is 10.9. The number of nitrogens with two attached hydrogens (primary N) is 1. The average Bonchev–Trinajstić information content (AvgIpc) is 2.52. The van der Waals surface area contributed by atoms with Crippen LogP contribution in [0.25, 0.3) is 5.57 Å². The zero-order valence-electron chi connectivity index (χ0n) is 14.0. The van der Waals surface area contributed by atoms with Crippen molar-refractivity contribution in [1.82, 2.24) is 0 Å². The first-order valence-electron chi connectivity index (χ1n) is 8.23. The van der Waals surface area contributed by atoms with E-state index in [9.17, 15) is 9.90 Å². The van der Waals surface area contributed by atoms with E-state index in [1.165, 1.54) is 25.5 Å². The van der Waals surface area contributed by atoms with Gasteiger partial charge in [0.2, 0.25) is 0 Å². The molecule has 1 aliphatic carbocycles. The molecule has 0 amide bonds. The zero-order valence-corrected chi connectivity index (χ0v) is 14.7. The van der Waals surface area contributed by atoms with Crippen LogP contribution in [-0.2, 0) is 4.79 Å². The van der Waals surface area contributed by atoms with Gasteiger partial charge in [-0.3, -0.25) is 4.99 Å². The number of hydrogen-bond acceptors (Lipinski definition) is 4. The predicted octanol–water partition coefficient (Wildman–Crippen LogP) is 3.57. The van der Waals surface area contributed by atoms with E-state index in [1.807, 2.05) is 0 Å². The van der Waals surface area contributed by atoms with Gasteiger partial charge in [-0.2, -0.15) is 0 Å². The van der Waals surface area contributed by atoms with E-state index in [1.54, 1.807) is 24.4 Å². The van der Waals surface area contributed by atoms with E-state index >= 15 is 0 Å². The largest absolute Gasteiger partial charge is 0.478 e. The van der Waals surface area contributed by atoms with Crippen molar-refractivity contribution in [3.8, 4) is 0 Å². The van der Waals surface area contributed by atoms with E-state index in [0.29, 0.717) is 27.6 Å². The summed E-state index contributed by atoms with van der Waals surface area (Å²) in [5.74, 6) is -0.496. The Morgan fingerprint density at radius 1 is 1.48 bits per heavy atom. The highest BCUT2D eigenvalue weighted by Gasteiger charge is 2.19. The van der Waals surface area contributed by atoms with Crippen LogP contribution in [0.3, 0.4) is 0 Å². The number of allylic oxidation sites excluding steroid dienone is 1. The lowest BCUT2D eigenvalue weighted by Crippen LogP contribution is -2.14. The van der Waals surface area contributed by atoms with Crippen molar-refractivity contribution in [2.45, 2.75) is 31.8 Å². The van der Waals surface area contributed by atoms with E-state index in [4.69, 9.17) is 22.4 Å². The number of carbonyl (C=O) groups is 1. The molecule has 0 radical (unpaired) electrons. The van der Waals surface area contributed by atoms with Gasteiger partial charge in [0.1, 0.15) is 0 Å². The predicted molar refractivity (Wildman–Crippen MR) is 101 cm³/mol. The third-order valence-corrected chi connectivity index (χ3v) is 4.66. The molecule has 6 heteroatoms. The number of aliphatic hydroxyl groups is 1. The molecule has 0 bridgehead atoms. The van der Waals surface area contributed by atoms with Crippen LogP contribution in [0.15, 0.2) is 41.5 Å². The van der Waals surface area contributed by atoms with Crippen molar-refractivity contribution in [2.24, 2.45) is 16.6 Å². The van der Waals surface area contributed by atoms with E-state index in [-0.39, 0.29) is 12.0 Å². The van der Waals surface area contributed by atoms with Gasteiger partial charge in [0, 0.05) is 41.5 Å². The molecular weight excluding hydrogens is 340 g/mol. The second kappa shape index (κ2) is 8.83. The van der Waals surface area contributed by atoms with E-state index in [2.05, 4.69) is 11.6 Å². The minimum atomic E-state index is -1.13. The van der Waals surface area contributed by atoms with Crippen LogP contribution in [-0.4, -0.2) is 28.9 Å². The minimum Gasteiger partial charge on any atom is -0.478 e. The summed E-state index contributed by atoms with van der Waals surface area (Å²) < 4.78 is 0. The molecule has 0 saturated heterocycles. The number of rotatable bonds is 8. The van der Waals surface area contributed by atoms with Gasteiger partial charge in [0.25, 0.3) is 0 Å². The van der Waals surface area contributed by atoms with Crippen LogP contribution < -0.4 is 5.73 Å². The molecule has 1 fully saturated rings. The summed E-state index contributed by atoms with van der Waals surface area (Å²) in [6, 6.07) is 5.01. The number of hydrogen-bond donors (Lipinski definition) is 3. The molecule has 1 atom stereocenters. The standard InChI is InChI=1S/C19H23ClN2O3/c1-12(19(24)25)7-18(23)16-6-5-15(20)8-17(16)14(9-21)11-22-10-13-3-2-4-13/h5-6,8-9,11,13,18,23H,1-4,7,10,21H2,(H,24,25)/b14-9+,22-11?. The van der Waals surface area contributed by atoms with Gasteiger partial charge in [-0.05, 0) is 42.0 Å². The van der Waals surface area contributed by atoms with Crippen molar-refractivity contribution < 1.29 is 15.0 Å². The van der Waals surface area contributed by atoms with Gasteiger partial charge in [-0.15, -0.1) is 0 Å². The Kier molecular flexibility index (Phi) is 6.79. The van der Waals surface area contributed by atoms with Crippen molar-refractivity contribution >= 4 is 29.4 Å². The first kappa shape index (κ1) is 19.2. The van der Waals surface area contributed by atoms with E-state index < -0.39 is 12.1 Å². The molecule has 134 valence electrons. The average molecular weight is 363 g/mol. The molecule has 0 heterocycles. The fourth-order valence-corrected chi connectivity index (χ4v) is 2.85. The number of nitrogens with zero attached hydrogens (tertiary/aromatic N) is 1. The second-order valence-electron chi connectivity index (χ2n) is 6.27. The molecule has 2 rings (SSSR count). The topological polar surface area (TPSA) is 95.9 Å². The van der Waals surface area contributed by atoms with Gasteiger partial charge >= 0.3 is 5.97 Å². The summed E-state index contributed by atoms with van der Waals surface area (Å²) in [6.45, 7) is 4.22. The molecule has 1 saturated carbocycles. The van der Waals surface area contributed by atoms with Gasteiger partial charge in [0.15, 0.2) is 0 Å². The Morgan fingerprint density at radius 3 is 2.76 bits per heavy atom. The Balaban J connectivity index is 2.23. The fourth-order valence-electron chi connectivity index (χ4n) is 2.68. The lowest BCUT2D eigenvalue weighted by Gasteiger charge is -2.23. The van der Waals surface area contributed by atoms with Crippen molar-refractivity contribution in [3.63, 3.8) is 0 Å². The Labute approximate surface area is 152 Å². The summed E-state index contributed by atoms with van der Waals surface area (Å²) in [6.07, 6.45) is 5.67. The molecule has 5 nitrogen and oxygen atoms in total. The van der Waals surface area contributed by atoms with Crippen molar-refractivity contribution in [2.75, 3.05) is 6.54 Å². The number of benzene rings is 1. The van der Waals surface area contributed by atoms with Gasteiger partial charge < -0.3 is 15.9 Å².